The Morgan fingerprint density at radius 2 is 2.00 bits per heavy atom. The molecule has 3 saturated carbocycles. The second kappa shape index (κ2) is 1.92. The van der Waals surface area contributed by atoms with Gasteiger partial charge in [-0.25, -0.2) is 0 Å². The molecule has 3 atom stereocenters. The fourth-order valence-corrected chi connectivity index (χ4v) is 2.94. The van der Waals surface area contributed by atoms with Crippen molar-refractivity contribution in [2.75, 3.05) is 0 Å². The van der Waals surface area contributed by atoms with Crippen molar-refractivity contribution in [3.63, 3.8) is 0 Å². The van der Waals surface area contributed by atoms with Crippen molar-refractivity contribution in [2.24, 2.45) is 17.3 Å². The molecule has 12 heavy (non-hydrogen) atoms. The normalized spacial score (nSPS) is 50.2. The Balaban J connectivity index is 2.33. The van der Waals surface area contributed by atoms with Crippen LogP contribution < -0.4 is 0 Å². The fourth-order valence-electron chi connectivity index (χ4n) is 2.94. The van der Waals surface area contributed by atoms with E-state index in [1.807, 2.05) is 0 Å². The molecule has 0 radical (unpaired) electrons. The van der Waals surface area contributed by atoms with E-state index < -0.39 is 5.60 Å². The Morgan fingerprint density at radius 3 is 2.33 bits per heavy atom. The van der Waals surface area contributed by atoms with Crippen molar-refractivity contribution >= 4 is 5.78 Å². The minimum atomic E-state index is -1.04. The van der Waals surface area contributed by atoms with Gasteiger partial charge in [-0.05, 0) is 24.7 Å². The van der Waals surface area contributed by atoms with Crippen molar-refractivity contribution < 1.29 is 9.90 Å². The van der Waals surface area contributed by atoms with Gasteiger partial charge in [-0.3, -0.25) is 4.79 Å². The summed E-state index contributed by atoms with van der Waals surface area (Å²) in [5.74, 6) is 0.759. The molecule has 3 rings (SSSR count). The quantitative estimate of drug-likeness (QED) is 0.593. The molecule has 3 aliphatic carbocycles. The molecule has 1 unspecified atom stereocenters. The lowest BCUT2D eigenvalue weighted by Crippen LogP contribution is -2.64. The van der Waals surface area contributed by atoms with Crippen LogP contribution in [0.25, 0.3) is 0 Å². The monoisotopic (exact) mass is 168 g/mol. The molecule has 0 aromatic carbocycles. The summed E-state index contributed by atoms with van der Waals surface area (Å²) >= 11 is 0. The second-order valence-corrected chi connectivity index (χ2v) is 5.08. The smallest absolute Gasteiger partial charge is 0.164 e. The minimum Gasteiger partial charge on any atom is -0.382 e. The maximum Gasteiger partial charge on any atom is 0.164 e. The van der Waals surface area contributed by atoms with Crippen LogP contribution in [0.15, 0.2) is 0 Å². The van der Waals surface area contributed by atoms with E-state index in [0.29, 0.717) is 12.3 Å². The summed E-state index contributed by atoms with van der Waals surface area (Å²) in [5, 5.41) is 9.94. The van der Waals surface area contributed by atoms with Crippen LogP contribution in [-0.2, 0) is 4.79 Å². The minimum absolute atomic E-state index is 0.0445. The standard InChI is InChI=1S/C10H16O2/c1-9(2)6-4-7(9)10(3,12)8(11)5-6/h6-7,12H,4-5H2,1-3H3/t6-,7+,10?/m1/s1. The summed E-state index contributed by atoms with van der Waals surface area (Å²) in [6.07, 6.45) is 1.61. The molecule has 2 heteroatoms. The van der Waals surface area contributed by atoms with Crippen LogP contribution in [0.5, 0.6) is 0 Å². The second-order valence-electron chi connectivity index (χ2n) is 5.08. The van der Waals surface area contributed by atoms with Crippen LogP contribution in [0, 0.1) is 17.3 Å². The molecular weight excluding hydrogens is 152 g/mol. The lowest BCUT2D eigenvalue weighted by atomic mass is 9.44. The highest BCUT2D eigenvalue weighted by atomic mass is 16.3. The maximum absolute atomic E-state index is 11.4. The highest BCUT2D eigenvalue weighted by molar-refractivity contribution is 5.89. The average molecular weight is 168 g/mol. The van der Waals surface area contributed by atoms with Gasteiger partial charge in [0, 0.05) is 12.3 Å². The van der Waals surface area contributed by atoms with E-state index in [2.05, 4.69) is 13.8 Å². The maximum atomic E-state index is 11.4. The Bertz CT molecular complexity index is 240. The first kappa shape index (κ1) is 8.24. The van der Waals surface area contributed by atoms with Gasteiger partial charge in [0.1, 0.15) is 5.60 Å². The van der Waals surface area contributed by atoms with Gasteiger partial charge in [-0.15, -0.1) is 0 Å². The highest BCUT2D eigenvalue weighted by Crippen LogP contribution is 2.61. The molecular formula is C10H16O2. The Labute approximate surface area is 73.0 Å². The number of aliphatic hydroxyl groups is 1. The molecule has 0 aromatic heterocycles. The third-order valence-electron chi connectivity index (χ3n) is 4.15. The first-order valence-corrected chi connectivity index (χ1v) is 4.62. The SMILES string of the molecule is CC1(O)C(=O)C[C@H]2C[C@H]1C2(C)C. The molecule has 1 N–H and O–H groups in total. The average Bonchev–Trinajstić information content (AvgIpc) is 1.93. The first-order chi connectivity index (χ1) is 5.37. The number of hydrogen-bond donors (Lipinski definition) is 1. The molecule has 0 aliphatic heterocycles. The topological polar surface area (TPSA) is 37.3 Å². The molecule has 68 valence electrons. The number of Topliss-reactive ketones (excluding diaryl/α,β-unsaturated/α-hetero) is 1. The lowest BCUT2D eigenvalue weighted by Gasteiger charge is -2.61. The van der Waals surface area contributed by atoms with E-state index >= 15 is 0 Å². The van der Waals surface area contributed by atoms with Crippen LogP contribution >= 0.6 is 0 Å². The van der Waals surface area contributed by atoms with Gasteiger partial charge in [0.05, 0.1) is 0 Å². The zero-order valence-electron chi connectivity index (χ0n) is 7.92. The van der Waals surface area contributed by atoms with Crippen molar-refractivity contribution in [2.45, 2.75) is 39.2 Å². The number of ketones is 1. The van der Waals surface area contributed by atoms with Crippen molar-refractivity contribution in [1.29, 1.82) is 0 Å². The third-order valence-corrected chi connectivity index (χ3v) is 4.15. The molecule has 2 nitrogen and oxygen atoms in total. The molecule has 2 bridgehead atoms. The van der Waals surface area contributed by atoms with E-state index in [4.69, 9.17) is 0 Å². The van der Waals surface area contributed by atoms with Gasteiger partial charge in [-0.1, -0.05) is 13.8 Å². The molecule has 3 aliphatic rings. The van der Waals surface area contributed by atoms with Gasteiger partial charge in [0.2, 0.25) is 0 Å². The van der Waals surface area contributed by atoms with Crippen LogP contribution in [0.2, 0.25) is 0 Å². The Morgan fingerprint density at radius 1 is 1.42 bits per heavy atom. The van der Waals surface area contributed by atoms with Gasteiger partial charge >= 0.3 is 0 Å². The molecule has 0 heterocycles. The Kier molecular flexibility index (Phi) is 1.32. The summed E-state index contributed by atoms with van der Waals surface area (Å²) in [4.78, 5) is 11.4. The summed E-state index contributed by atoms with van der Waals surface area (Å²) in [7, 11) is 0. The third kappa shape index (κ3) is 0.717. The van der Waals surface area contributed by atoms with Crippen LogP contribution in [0.3, 0.4) is 0 Å². The van der Waals surface area contributed by atoms with Gasteiger partial charge in [-0.2, -0.15) is 0 Å². The molecule has 0 amide bonds. The van der Waals surface area contributed by atoms with Crippen molar-refractivity contribution in [3.05, 3.63) is 0 Å². The molecule has 0 spiro atoms. The number of hydrogen-bond acceptors (Lipinski definition) is 2. The van der Waals surface area contributed by atoms with Crippen LogP contribution in [-0.4, -0.2) is 16.5 Å². The lowest BCUT2D eigenvalue weighted by molar-refractivity contribution is -0.196. The van der Waals surface area contributed by atoms with Gasteiger partial charge in [0.25, 0.3) is 0 Å². The zero-order chi connectivity index (χ0) is 9.15. The van der Waals surface area contributed by atoms with E-state index in [1.165, 1.54) is 0 Å². The van der Waals surface area contributed by atoms with Crippen LogP contribution in [0.1, 0.15) is 33.6 Å². The molecule has 3 fully saturated rings. The summed E-state index contributed by atoms with van der Waals surface area (Å²) in [6.45, 7) is 6.00. The van der Waals surface area contributed by atoms with E-state index in [0.717, 1.165) is 6.42 Å². The number of carbonyl (C=O) groups excluding carboxylic acids is 1. The fraction of sp³-hybridized carbons (Fsp3) is 0.900. The number of fused-ring (bicyclic) bond motifs is 2. The highest BCUT2D eigenvalue weighted by Gasteiger charge is 2.62. The molecule has 0 aromatic rings. The first-order valence-electron chi connectivity index (χ1n) is 4.62. The summed E-state index contributed by atoms with van der Waals surface area (Å²) in [6, 6.07) is 0. The summed E-state index contributed by atoms with van der Waals surface area (Å²) < 4.78 is 0. The van der Waals surface area contributed by atoms with Gasteiger partial charge < -0.3 is 5.11 Å². The molecule has 0 saturated heterocycles. The van der Waals surface area contributed by atoms with E-state index in [9.17, 15) is 9.90 Å². The van der Waals surface area contributed by atoms with E-state index in [-0.39, 0.29) is 17.1 Å². The predicted molar refractivity (Wildman–Crippen MR) is 45.6 cm³/mol. The number of carbonyl (C=O) groups is 1. The van der Waals surface area contributed by atoms with Crippen molar-refractivity contribution in [1.82, 2.24) is 0 Å². The Hall–Kier alpha value is -0.370. The van der Waals surface area contributed by atoms with E-state index in [1.54, 1.807) is 6.92 Å². The summed E-state index contributed by atoms with van der Waals surface area (Å²) in [5.41, 5.74) is -0.865. The van der Waals surface area contributed by atoms with Crippen molar-refractivity contribution in [3.8, 4) is 0 Å². The van der Waals surface area contributed by atoms with Gasteiger partial charge in [0.15, 0.2) is 5.78 Å². The zero-order valence-corrected chi connectivity index (χ0v) is 7.92. The largest absolute Gasteiger partial charge is 0.382 e. The number of rotatable bonds is 0. The predicted octanol–water partition coefficient (Wildman–Crippen LogP) is 1.37. The van der Waals surface area contributed by atoms with Crippen LogP contribution in [0.4, 0.5) is 0 Å².